The Morgan fingerprint density at radius 3 is 2.94 bits per heavy atom. The van der Waals surface area contributed by atoms with Crippen LogP contribution in [0.1, 0.15) is 20.7 Å². The molecule has 0 aliphatic heterocycles. The van der Waals surface area contributed by atoms with Crippen LogP contribution in [0.2, 0.25) is 0 Å². The van der Waals surface area contributed by atoms with Crippen LogP contribution in [0.15, 0.2) is 24.4 Å². The minimum Gasteiger partial charge on any atom is -0.507 e. The summed E-state index contributed by atoms with van der Waals surface area (Å²) in [6.07, 6.45) is 1.84. The third-order valence-electron chi connectivity index (χ3n) is 1.97. The second kappa shape index (κ2) is 4.44. The number of nitrogens with zero attached hydrogens (tertiary/aromatic N) is 2. The van der Waals surface area contributed by atoms with Gasteiger partial charge in [0.1, 0.15) is 17.6 Å². The van der Waals surface area contributed by atoms with Gasteiger partial charge in [0.2, 0.25) is 0 Å². The third-order valence-corrected chi connectivity index (χ3v) is 1.97. The van der Waals surface area contributed by atoms with E-state index in [4.69, 9.17) is 4.74 Å². The van der Waals surface area contributed by atoms with Gasteiger partial charge in [-0.05, 0) is 18.2 Å². The van der Waals surface area contributed by atoms with E-state index in [1.54, 1.807) is 0 Å². The van der Waals surface area contributed by atoms with Crippen LogP contribution in [-0.4, -0.2) is 32.8 Å². The summed E-state index contributed by atoms with van der Waals surface area (Å²) in [5.74, 6) is -1.12. The molecule has 1 heterocycles. The maximum Gasteiger partial charge on any atom is 0.348 e. The molecule has 86 valence electrons. The standard InChI is InChI=1S/C10H7N3O4/c14-5-6-1-2-8(15)7(3-6)10(16)17-9-4-11-13-12-9/h1-5,15H,(H,11,12,13). The average Bonchev–Trinajstić information content (AvgIpc) is 2.82. The summed E-state index contributed by atoms with van der Waals surface area (Å²) in [7, 11) is 0. The lowest BCUT2D eigenvalue weighted by atomic mass is 10.1. The van der Waals surface area contributed by atoms with Crippen LogP contribution in [0.25, 0.3) is 0 Å². The van der Waals surface area contributed by atoms with Crippen LogP contribution in [-0.2, 0) is 0 Å². The van der Waals surface area contributed by atoms with E-state index in [1.807, 2.05) is 0 Å². The number of aromatic nitrogens is 3. The molecule has 2 aromatic rings. The van der Waals surface area contributed by atoms with Gasteiger partial charge in [0.15, 0.2) is 0 Å². The molecular formula is C10H7N3O4. The largest absolute Gasteiger partial charge is 0.507 e. The summed E-state index contributed by atoms with van der Waals surface area (Å²) < 4.78 is 4.80. The Balaban J connectivity index is 2.27. The molecule has 7 nitrogen and oxygen atoms in total. The molecule has 0 fully saturated rings. The Labute approximate surface area is 95.0 Å². The summed E-state index contributed by atoms with van der Waals surface area (Å²) in [6.45, 7) is 0. The van der Waals surface area contributed by atoms with E-state index in [0.29, 0.717) is 6.29 Å². The highest BCUT2D eigenvalue weighted by Crippen LogP contribution is 2.19. The van der Waals surface area contributed by atoms with E-state index < -0.39 is 5.97 Å². The molecule has 0 aliphatic rings. The topological polar surface area (TPSA) is 105 Å². The number of esters is 1. The Morgan fingerprint density at radius 2 is 2.29 bits per heavy atom. The molecule has 0 saturated carbocycles. The predicted molar refractivity (Wildman–Crippen MR) is 54.8 cm³/mol. The normalized spacial score (nSPS) is 9.88. The minimum atomic E-state index is -0.819. The first-order valence-electron chi connectivity index (χ1n) is 4.57. The van der Waals surface area contributed by atoms with Crippen molar-refractivity contribution in [3.05, 3.63) is 35.5 Å². The number of aldehydes is 1. The third kappa shape index (κ3) is 2.28. The van der Waals surface area contributed by atoms with Crippen LogP contribution in [0.5, 0.6) is 11.6 Å². The van der Waals surface area contributed by atoms with Crippen LogP contribution in [0.4, 0.5) is 0 Å². The van der Waals surface area contributed by atoms with E-state index in [0.717, 1.165) is 0 Å². The SMILES string of the molecule is O=Cc1ccc(O)c(C(=O)Oc2c[nH]nn2)c1. The van der Waals surface area contributed by atoms with Crippen LogP contribution in [0.3, 0.4) is 0 Å². The van der Waals surface area contributed by atoms with Gasteiger partial charge in [-0.3, -0.25) is 9.89 Å². The fourth-order valence-corrected chi connectivity index (χ4v) is 1.18. The van der Waals surface area contributed by atoms with Crippen molar-refractivity contribution in [3.63, 3.8) is 0 Å². The lowest BCUT2D eigenvalue weighted by Gasteiger charge is -2.03. The number of hydrogen-bond donors (Lipinski definition) is 2. The Kier molecular flexibility index (Phi) is 2.82. The molecule has 1 aromatic carbocycles. The molecule has 0 spiro atoms. The van der Waals surface area contributed by atoms with Crippen LogP contribution < -0.4 is 4.74 Å². The lowest BCUT2D eigenvalue weighted by molar-refractivity contribution is 0.0724. The molecule has 0 aliphatic carbocycles. The lowest BCUT2D eigenvalue weighted by Crippen LogP contribution is -2.09. The van der Waals surface area contributed by atoms with Crippen molar-refractivity contribution in [2.24, 2.45) is 0 Å². The highest BCUT2D eigenvalue weighted by atomic mass is 16.5. The first kappa shape index (κ1) is 10.8. The summed E-state index contributed by atoms with van der Waals surface area (Å²) in [5.41, 5.74) is 0.146. The van der Waals surface area contributed by atoms with Gasteiger partial charge in [0.25, 0.3) is 5.88 Å². The Hall–Kier alpha value is -2.70. The van der Waals surface area contributed by atoms with Gasteiger partial charge >= 0.3 is 5.97 Å². The van der Waals surface area contributed by atoms with Crippen molar-refractivity contribution >= 4 is 12.3 Å². The van der Waals surface area contributed by atoms with Gasteiger partial charge in [-0.25, -0.2) is 4.79 Å². The fourth-order valence-electron chi connectivity index (χ4n) is 1.18. The molecule has 7 heteroatoms. The quantitative estimate of drug-likeness (QED) is 0.592. The van der Waals surface area contributed by atoms with Crippen LogP contribution >= 0.6 is 0 Å². The maximum atomic E-state index is 11.6. The van der Waals surface area contributed by atoms with Gasteiger partial charge < -0.3 is 9.84 Å². The number of aromatic amines is 1. The average molecular weight is 233 g/mol. The first-order valence-corrected chi connectivity index (χ1v) is 4.57. The van der Waals surface area contributed by atoms with E-state index in [1.165, 1.54) is 24.4 Å². The van der Waals surface area contributed by atoms with Crippen molar-refractivity contribution in [1.82, 2.24) is 15.4 Å². The van der Waals surface area contributed by atoms with Crippen molar-refractivity contribution in [3.8, 4) is 11.6 Å². The number of carbonyl (C=O) groups excluding carboxylic acids is 2. The molecule has 0 atom stereocenters. The van der Waals surface area contributed by atoms with Gasteiger partial charge in [0.05, 0.1) is 6.20 Å². The monoisotopic (exact) mass is 233 g/mol. The van der Waals surface area contributed by atoms with E-state index in [2.05, 4.69) is 15.4 Å². The second-order valence-electron chi connectivity index (χ2n) is 3.10. The molecule has 0 amide bonds. The molecule has 1 aromatic heterocycles. The summed E-state index contributed by atoms with van der Waals surface area (Å²) >= 11 is 0. The van der Waals surface area contributed by atoms with Crippen molar-refractivity contribution < 1.29 is 19.4 Å². The number of phenolic OH excluding ortho intramolecular Hbond substituents is 1. The number of benzene rings is 1. The molecule has 17 heavy (non-hydrogen) atoms. The maximum absolute atomic E-state index is 11.6. The van der Waals surface area contributed by atoms with Crippen molar-refractivity contribution in [2.45, 2.75) is 0 Å². The minimum absolute atomic E-state index is 0.0223. The number of H-pyrrole nitrogens is 1. The number of rotatable bonds is 3. The molecule has 0 radical (unpaired) electrons. The predicted octanol–water partition coefficient (Wildman–Crippen LogP) is 0.542. The summed E-state index contributed by atoms with van der Waals surface area (Å²) in [5, 5.41) is 18.6. The number of nitrogens with one attached hydrogen (secondary N) is 1. The van der Waals surface area contributed by atoms with Gasteiger partial charge in [-0.15, -0.1) is 0 Å². The van der Waals surface area contributed by atoms with Gasteiger partial charge in [-0.1, -0.05) is 10.3 Å². The molecule has 0 bridgehead atoms. The number of carbonyl (C=O) groups is 2. The second-order valence-corrected chi connectivity index (χ2v) is 3.10. The van der Waals surface area contributed by atoms with Crippen molar-refractivity contribution in [2.75, 3.05) is 0 Å². The zero-order valence-electron chi connectivity index (χ0n) is 8.45. The molecule has 0 unspecified atom stereocenters. The van der Waals surface area contributed by atoms with E-state index in [-0.39, 0.29) is 22.8 Å². The Bertz CT molecular complexity index is 551. The smallest absolute Gasteiger partial charge is 0.348 e. The zero-order chi connectivity index (χ0) is 12.3. The summed E-state index contributed by atoms with van der Waals surface area (Å²) in [4.78, 5) is 22.2. The van der Waals surface area contributed by atoms with Crippen molar-refractivity contribution in [1.29, 1.82) is 0 Å². The highest BCUT2D eigenvalue weighted by molar-refractivity contribution is 5.95. The number of aromatic hydroxyl groups is 1. The Morgan fingerprint density at radius 1 is 1.47 bits per heavy atom. The van der Waals surface area contributed by atoms with E-state index >= 15 is 0 Å². The number of phenols is 1. The zero-order valence-corrected chi connectivity index (χ0v) is 8.45. The molecule has 2 N–H and O–H groups in total. The first-order chi connectivity index (χ1) is 8.20. The fraction of sp³-hybridized carbons (Fsp3) is 0. The van der Waals surface area contributed by atoms with Crippen LogP contribution in [0, 0.1) is 0 Å². The highest BCUT2D eigenvalue weighted by Gasteiger charge is 2.15. The van der Waals surface area contributed by atoms with Gasteiger partial charge in [0, 0.05) is 5.56 Å². The number of hydrogen-bond acceptors (Lipinski definition) is 6. The molecule has 2 rings (SSSR count). The molecular weight excluding hydrogens is 226 g/mol. The van der Waals surface area contributed by atoms with Gasteiger partial charge in [-0.2, -0.15) is 0 Å². The number of ether oxygens (including phenoxy) is 1. The van der Waals surface area contributed by atoms with E-state index in [9.17, 15) is 14.7 Å². The molecule has 0 saturated heterocycles. The summed E-state index contributed by atoms with van der Waals surface area (Å²) in [6, 6.07) is 3.85.